The number of hydrogen-bond donors (Lipinski definition) is 2. The number of rotatable bonds is 3. The smallest absolute Gasteiger partial charge is 0.269 e. The quantitative estimate of drug-likeness (QED) is 0.724. The van der Waals surface area contributed by atoms with Gasteiger partial charge in [0.25, 0.3) is 5.91 Å². The van der Waals surface area contributed by atoms with Crippen LogP contribution in [0.1, 0.15) is 16.1 Å². The number of aliphatic imine (C=N–C) groups is 1. The van der Waals surface area contributed by atoms with Gasteiger partial charge in [0.15, 0.2) is 5.69 Å². The van der Waals surface area contributed by atoms with E-state index in [9.17, 15) is 9.90 Å². The summed E-state index contributed by atoms with van der Waals surface area (Å²) in [4.78, 5) is 15.7. The van der Waals surface area contributed by atoms with Gasteiger partial charge >= 0.3 is 0 Å². The first-order chi connectivity index (χ1) is 10.6. The third-order valence-electron chi connectivity index (χ3n) is 3.43. The Balaban J connectivity index is 2.11. The Morgan fingerprint density at radius 1 is 1.32 bits per heavy atom. The van der Waals surface area contributed by atoms with Gasteiger partial charge < -0.3 is 10.8 Å². The minimum Gasteiger partial charge on any atom is -0.507 e. The molecule has 3 rings (SSSR count). The highest BCUT2D eigenvalue weighted by molar-refractivity contribution is 6.04. The van der Waals surface area contributed by atoms with Crippen LogP contribution in [-0.2, 0) is 7.05 Å². The molecule has 3 N–H and O–H groups in total. The standard InChI is InChI=1S/C16H14N4O2/c1-20-15(16(17)22)13(9-19-20)18-8-12-11-5-3-2-4-10(11)6-7-14(12)21/h2-9,21H,1H3,(H2,17,22). The van der Waals surface area contributed by atoms with Crippen LogP contribution in [0, 0.1) is 0 Å². The highest BCUT2D eigenvalue weighted by atomic mass is 16.3. The summed E-state index contributed by atoms with van der Waals surface area (Å²) in [5.41, 5.74) is 6.49. The number of primary amides is 1. The van der Waals surface area contributed by atoms with Gasteiger partial charge in [0, 0.05) is 18.8 Å². The first-order valence-corrected chi connectivity index (χ1v) is 6.64. The molecule has 0 fully saturated rings. The molecule has 3 aromatic rings. The molecule has 0 aliphatic carbocycles. The van der Waals surface area contributed by atoms with Crippen molar-refractivity contribution in [3.63, 3.8) is 0 Å². The van der Waals surface area contributed by atoms with Crippen LogP contribution < -0.4 is 5.73 Å². The lowest BCUT2D eigenvalue weighted by molar-refractivity contribution is 0.0992. The monoisotopic (exact) mass is 294 g/mol. The van der Waals surface area contributed by atoms with Gasteiger partial charge in [-0.25, -0.2) is 0 Å². The number of nitrogens with two attached hydrogens (primary N) is 1. The second-order valence-corrected chi connectivity index (χ2v) is 4.84. The van der Waals surface area contributed by atoms with Crippen molar-refractivity contribution in [1.29, 1.82) is 0 Å². The van der Waals surface area contributed by atoms with Crippen molar-refractivity contribution in [2.75, 3.05) is 0 Å². The van der Waals surface area contributed by atoms with Crippen LogP contribution in [0.4, 0.5) is 5.69 Å². The molecule has 2 aromatic carbocycles. The number of benzene rings is 2. The highest BCUT2D eigenvalue weighted by Crippen LogP contribution is 2.26. The SMILES string of the molecule is Cn1ncc(N=Cc2c(O)ccc3ccccc23)c1C(N)=O. The van der Waals surface area contributed by atoms with Gasteiger partial charge in [-0.2, -0.15) is 5.10 Å². The topological polar surface area (TPSA) is 93.5 Å². The summed E-state index contributed by atoms with van der Waals surface area (Å²) in [6, 6.07) is 11.1. The van der Waals surface area contributed by atoms with E-state index in [2.05, 4.69) is 10.1 Å². The van der Waals surface area contributed by atoms with Gasteiger partial charge in [0.1, 0.15) is 11.4 Å². The molecule has 6 nitrogen and oxygen atoms in total. The molecule has 0 aliphatic heterocycles. The van der Waals surface area contributed by atoms with E-state index >= 15 is 0 Å². The molecule has 0 atom stereocenters. The number of amides is 1. The Morgan fingerprint density at radius 2 is 2.09 bits per heavy atom. The summed E-state index contributed by atoms with van der Waals surface area (Å²) >= 11 is 0. The molecule has 0 unspecified atom stereocenters. The van der Waals surface area contributed by atoms with Crippen molar-refractivity contribution in [3.05, 3.63) is 53.9 Å². The second-order valence-electron chi connectivity index (χ2n) is 4.84. The first-order valence-electron chi connectivity index (χ1n) is 6.64. The zero-order chi connectivity index (χ0) is 15.7. The predicted octanol–water partition coefficient (Wildman–Crippen LogP) is 2.13. The lowest BCUT2D eigenvalue weighted by Crippen LogP contribution is -2.15. The number of carbonyl (C=O) groups excluding carboxylic acids is 1. The van der Waals surface area contributed by atoms with Crippen LogP contribution in [0.5, 0.6) is 5.75 Å². The van der Waals surface area contributed by atoms with E-state index in [1.165, 1.54) is 17.1 Å². The van der Waals surface area contributed by atoms with Crippen LogP contribution in [0.25, 0.3) is 10.8 Å². The van der Waals surface area contributed by atoms with Crippen molar-refractivity contribution < 1.29 is 9.90 Å². The summed E-state index contributed by atoms with van der Waals surface area (Å²) in [6.45, 7) is 0. The first kappa shape index (κ1) is 13.8. The van der Waals surface area contributed by atoms with Gasteiger partial charge in [-0.05, 0) is 16.8 Å². The average molecular weight is 294 g/mol. The van der Waals surface area contributed by atoms with Gasteiger partial charge in [-0.15, -0.1) is 0 Å². The molecule has 0 bridgehead atoms. The largest absolute Gasteiger partial charge is 0.507 e. The lowest BCUT2D eigenvalue weighted by Gasteiger charge is -2.04. The molecule has 22 heavy (non-hydrogen) atoms. The molecule has 110 valence electrons. The van der Waals surface area contributed by atoms with Crippen LogP contribution in [0.15, 0.2) is 47.6 Å². The summed E-state index contributed by atoms with van der Waals surface area (Å²) in [7, 11) is 1.62. The molecular weight excluding hydrogens is 280 g/mol. The number of phenols is 1. The molecule has 0 aliphatic rings. The number of phenolic OH excluding ortho intramolecular Hbond substituents is 1. The fraction of sp³-hybridized carbons (Fsp3) is 0.0625. The normalized spacial score (nSPS) is 11.3. The predicted molar refractivity (Wildman–Crippen MR) is 84.6 cm³/mol. The number of carbonyl (C=O) groups is 1. The Labute approximate surface area is 126 Å². The zero-order valence-electron chi connectivity index (χ0n) is 11.9. The van der Waals surface area contributed by atoms with Gasteiger partial charge in [0.05, 0.1) is 6.20 Å². The van der Waals surface area contributed by atoms with Gasteiger partial charge in [-0.1, -0.05) is 30.3 Å². The van der Waals surface area contributed by atoms with E-state index in [1.54, 1.807) is 13.1 Å². The Bertz CT molecular complexity index is 896. The third-order valence-corrected chi connectivity index (χ3v) is 3.43. The molecule has 6 heteroatoms. The van der Waals surface area contributed by atoms with E-state index in [0.717, 1.165) is 10.8 Å². The van der Waals surface area contributed by atoms with Crippen LogP contribution in [0.3, 0.4) is 0 Å². The van der Waals surface area contributed by atoms with Crippen LogP contribution in [0.2, 0.25) is 0 Å². The Hall–Kier alpha value is -3.15. The molecule has 1 heterocycles. The number of aromatic hydroxyl groups is 1. The summed E-state index contributed by atoms with van der Waals surface area (Å²) < 4.78 is 1.37. The van der Waals surface area contributed by atoms with Crippen molar-refractivity contribution in [2.24, 2.45) is 17.8 Å². The molecule has 1 amide bonds. The average Bonchev–Trinajstić information content (AvgIpc) is 2.87. The molecule has 0 spiro atoms. The molecule has 0 saturated heterocycles. The van der Waals surface area contributed by atoms with E-state index in [4.69, 9.17) is 5.73 Å². The number of nitrogens with zero attached hydrogens (tertiary/aromatic N) is 3. The fourth-order valence-electron chi connectivity index (χ4n) is 2.36. The maximum atomic E-state index is 11.4. The Morgan fingerprint density at radius 3 is 2.86 bits per heavy atom. The van der Waals surface area contributed by atoms with E-state index in [1.807, 2.05) is 30.3 Å². The van der Waals surface area contributed by atoms with Crippen molar-refractivity contribution in [3.8, 4) is 5.75 Å². The lowest BCUT2D eigenvalue weighted by atomic mass is 10.0. The Kier molecular flexibility index (Phi) is 3.34. The number of aromatic nitrogens is 2. The molecule has 1 aromatic heterocycles. The van der Waals surface area contributed by atoms with Crippen LogP contribution in [-0.4, -0.2) is 27.0 Å². The number of aryl methyl sites for hydroxylation is 1. The maximum absolute atomic E-state index is 11.4. The number of fused-ring (bicyclic) bond motifs is 1. The summed E-state index contributed by atoms with van der Waals surface area (Å²) in [6.07, 6.45) is 2.97. The fourth-order valence-corrected chi connectivity index (χ4v) is 2.36. The van der Waals surface area contributed by atoms with Crippen molar-refractivity contribution in [2.45, 2.75) is 0 Å². The van der Waals surface area contributed by atoms with E-state index in [-0.39, 0.29) is 11.4 Å². The van der Waals surface area contributed by atoms with Gasteiger partial charge in [-0.3, -0.25) is 14.5 Å². The summed E-state index contributed by atoms with van der Waals surface area (Å²) in [5.74, 6) is -0.485. The highest BCUT2D eigenvalue weighted by Gasteiger charge is 2.13. The van der Waals surface area contributed by atoms with Gasteiger partial charge in [0.2, 0.25) is 0 Å². The molecular formula is C16H14N4O2. The maximum Gasteiger partial charge on any atom is 0.269 e. The minimum atomic E-state index is -0.603. The zero-order valence-corrected chi connectivity index (χ0v) is 11.9. The molecule has 0 saturated carbocycles. The second kappa shape index (κ2) is 5.33. The van der Waals surface area contributed by atoms with Crippen molar-refractivity contribution in [1.82, 2.24) is 9.78 Å². The molecule has 0 radical (unpaired) electrons. The third kappa shape index (κ3) is 2.31. The van der Waals surface area contributed by atoms with Crippen LogP contribution >= 0.6 is 0 Å². The number of hydrogen-bond acceptors (Lipinski definition) is 4. The van der Waals surface area contributed by atoms with E-state index < -0.39 is 5.91 Å². The summed E-state index contributed by atoms with van der Waals surface area (Å²) in [5, 5.41) is 15.9. The van der Waals surface area contributed by atoms with Crippen molar-refractivity contribution >= 4 is 28.6 Å². The minimum absolute atomic E-state index is 0.118. The van der Waals surface area contributed by atoms with E-state index in [0.29, 0.717) is 11.3 Å².